The van der Waals surface area contributed by atoms with Crippen molar-refractivity contribution in [2.45, 2.75) is 6.92 Å². The number of hydrogen-bond donors (Lipinski definition) is 0. The largest absolute Gasteiger partial charge is 0.369 e. The normalized spacial score (nSPS) is 17.8. The minimum absolute atomic E-state index is 0.0425. The highest BCUT2D eigenvalue weighted by atomic mass is 32.2. The summed E-state index contributed by atoms with van der Waals surface area (Å²) in [5, 5.41) is 10.9. The average Bonchev–Trinajstić information content (AvgIpc) is 2.37. The van der Waals surface area contributed by atoms with E-state index in [0.29, 0.717) is 18.8 Å². The number of anilines is 1. The molecule has 2 rings (SSSR count). The highest BCUT2D eigenvalue weighted by Gasteiger charge is 2.24. The van der Waals surface area contributed by atoms with Gasteiger partial charge in [-0.05, 0) is 19.1 Å². The maximum Gasteiger partial charge on any atom is 0.280 e. The van der Waals surface area contributed by atoms with E-state index >= 15 is 0 Å². The first kappa shape index (κ1) is 14.4. The Kier molecular flexibility index (Phi) is 3.76. The van der Waals surface area contributed by atoms with Crippen LogP contribution in [0, 0.1) is 10.1 Å². The highest BCUT2D eigenvalue weighted by molar-refractivity contribution is 7.91. The number of nitrogens with zero attached hydrogens (tertiary/aromatic N) is 2. The van der Waals surface area contributed by atoms with Gasteiger partial charge in [-0.15, -0.1) is 0 Å². The van der Waals surface area contributed by atoms with Crippen molar-refractivity contribution >= 4 is 27.0 Å². The number of benzene rings is 1. The van der Waals surface area contributed by atoms with Crippen LogP contribution in [0.2, 0.25) is 0 Å². The smallest absolute Gasteiger partial charge is 0.280 e. The zero-order chi connectivity index (χ0) is 14.9. The summed E-state index contributed by atoms with van der Waals surface area (Å²) < 4.78 is 22.8. The summed E-state index contributed by atoms with van der Waals surface area (Å²) in [6, 6.07) is 4.29. The standard InChI is InChI=1S/C12H14N2O5S/c1-9(15)11-8-10(2-3-12(11)14(16)17)13-4-6-20(18,19)7-5-13/h2-3,8H,4-7H2,1H3. The van der Waals surface area contributed by atoms with E-state index in [1.54, 1.807) is 6.07 Å². The Hall–Kier alpha value is -1.96. The van der Waals surface area contributed by atoms with E-state index in [9.17, 15) is 23.3 Å². The van der Waals surface area contributed by atoms with Crippen molar-refractivity contribution in [3.8, 4) is 0 Å². The van der Waals surface area contributed by atoms with Crippen molar-refractivity contribution in [2.75, 3.05) is 29.5 Å². The third-order valence-electron chi connectivity index (χ3n) is 3.27. The summed E-state index contributed by atoms with van der Waals surface area (Å²) in [5.74, 6) is -0.276. The van der Waals surface area contributed by atoms with Gasteiger partial charge in [-0.2, -0.15) is 0 Å². The minimum Gasteiger partial charge on any atom is -0.369 e. The number of carbonyl (C=O) groups excluding carboxylic acids is 1. The Morgan fingerprint density at radius 1 is 1.30 bits per heavy atom. The maximum atomic E-state index is 11.5. The van der Waals surface area contributed by atoms with Crippen molar-refractivity contribution in [1.82, 2.24) is 0 Å². The second-order valence-corrected chi connectivity index (χ2v) is 6.96. The predicted molar refractivity (Wildman–Crippen MR) is 74.0 cm³/mol. The van der Waals surface area contributed by atoms with Gasteiger partial charge in [0.25, 0.3) is 5.69 Å². The summed E-state index contributed by atoms with van der Waals surface area (Å²) in [6.07, 6.45) is 0. The van der Waals surface area contributed by atoms with Crippen LogP contribution in [0.3, 0.4) is 0 Å². The molecule has 108 valence electrons. The van der Waals surface area contributed by atoms with Crippen LogP contribution in [0.5, 0.6) is 0 Å². The average molecular weight is 298 g/mol. The van der Waals surface area contributed by atoms with Crippen LogP contribution < -0.4 is 4.90 Å². The van der Waals surface area contributed by atoms with Crippen LogP contribution in [0.15, 0.2) is 18.2 Å². The molecule has 0 aromatic heterocycles. The second-order valence-electron chi connectivity index (χ2n) is 4.65. The summed E-state index contributed by atoms with van der Waals surface area (Å²) in [6.45, 7) is 1.93. The molecule has 8 heteroatoms. The van der Waals surface area contributed by atoms with Gasteiger partial charge in [-0.1, -0.05) is 0 Å². The van der Waals surface area contributed by atoms with Crippen molar-refractivity contribution in [3.05, 3.63) is 33.9 Å². The Morgan fingerprint density at radius 3 is 2.40 bits per heavy atom. The zero-order valence-electron chi connectivity index (χ0n) is 10.9. The van der Waals surface area contributed by atoms with Gasteiger partial charge in [0.2, 0.25) is 0 Å². The van der Waals surface area contributed by atoms with Gasteiger partial charge in [0.15, 0.2) is 15.6 Å². The molecular formula is C12H14N2O5S. The topological polar surface area (TPSA) is 97.6 Å². The Morgan fingerprint density at radius 2 is 1.90 bits per heavy atom. The fourth-order valence-electron chi connectivity index (χ4n) is 2.13. The van der Waals surface area contributed by atoms with Crippen LogP contribution in [-0.2, 0) is 9.84 Å². The molecule has 7 nitrogen and oxygen atoms in total. The molecule has 0 spiro atoms. The number of rotatable bonds is 3. The lowest BCUT2D eigenvalue weighted by atomic mass is 10.1. The van der Waals surface area contributed by atoms with Gasteiger partial charge in [-0.25, -0.2) is 8.42 Å². The third-order valence-corrected chi connectivity index (χ3v) is 4.87. The zero-order valence-corrected chi connectivity index (χ0v) is 11.7. The lowest BCUT2D eigenvalue weighted by molar-refractivity contribution is -0.385. The van der Waals surface area contributed by atoms with Gasteiger partial charge >= 0.3 is 0 Å². The van der Waals surface area contributed by atoms with E-state index in [4.69, 9.17) is 0 Å². The number of ketones is 1. The first-order valence-corrected chi connectivity index (χ1v) is 7.87. The Bertz CT molecular complexity index is 654. The number of carbonyl (C=O) groups is 1. The molecule has 1 aliphatic rings. The van der Waals surface area contributed by atoms with Crippen molar-refractivity contribution in [2.24, 2.45) is 0 Å². The molecule has 1 heterocycles. The van der Waals surface area contributed by atoms with Gasteiger partial charge < -0.3 is 4.90 Å². The summed E-state index contributed by atoms with van der Waals surface area (Å²) in [4.78, 5) is 23.6. The van der Waals surface area contributed by atoms with Crippen LogP contribution >= 0.6 is 0 Å². The van der Waals surface area contributed by atoms with E-state index < -0.39 is 14.8 Å². The second kappa shape index (κ2) is 5.20. The molecule has 1 saturated heterocycles. The predicted octanol–water partition coefficient (Wildman–Crippen LogP) is 1.03. The fraction of sp³-hybridized carbons (Fsp3) is 0.417. The molecule has 0 atom stereocenters. The molecular weight excluding hydrogens is 284 g/mol. The van der Waals surface area contributed by atoms with Crippen LogP contribution in [0.25, 0.3) is 0 Å². The first-order chi connectivity index (χ1) is 9.30. The number of sulfone groups is 1. The van der Waals surface area contributed by atoms with E-state index in [-0.39, 0.29) is 28.5 Å². The van der Waals surface area contributed by atoms with Gasteiger partial charge in [0.1, 0.15) is 0 Å². The molecule has 0 radical (unpaired) electrons. The van der Waals surface area contributed by atoms with E-state index in [1.807, 2.05) is 4.90 Å². The fourth-order valence-corrected chi connectivity index (χ4v) is 3.33. The molecule has 0 amide bonds. The van der Waals surface area contributed by atoms with Crippen LogP contribution in [0.1, 0.15) is 17.3 Å². The van der Waals surface area contributed by atoms with E-state index in [2.05, 4.69) is 0 Å². The highest BCUT2D eigenvalue weighted by Crippen LogP contribution is 2.26. The quantitative estimate of drug-likeness (QED) is 0.469. The minimum atomic E-state index is -2.99. The Balaban J connectivity index is 2.33. The molecule has 0 unspecified atom stereocenters. The molecule has 0 saturated carbocycles. The first-order valence-electron chi connectivity index (χ1n) is 6.05. The SMILES string of the molecule is CC(=O)c1cc(N2CCS(=O)(=O)CC2)ccc1[N+](=O)[O-]. The van der Waals surface area contributed by atoms with Crippen molar-refractivity contribution in [1.29, 1.82) is 0 Å². The molecule has 1 aromatic rings. The number of Topliss-reactive ketones (excluding diaryl/α,β-unsaturated/α-hetero) is 1. The number of hydrogen-bond acceptors (Lipinski definition) is 6. The van der Waals surface area contributed by atoms with Crippen molar-refractivity contribution < 1.29 is 18.1 Å². The maximum absolute atomic E-state index is 11.5. The van der Waals surface area contributed by atoms with Crippen LogP contribution in [-0.4, -0.2) is 43.7 Å². The lowest BCUT2D eigenvalue weighted by Crippen LogP contribution is -2.40. The number of nitro benzene ring substituents is 1. The lowest BCUT2D eigenvalue weighted by Gasteiger charge is -2.28. The van der Waals surface area contributed by atoms with Crippen molar-refractivity contribution in [3.63, 3.8) is 0 Å². The molecule has 0 bridgehead atoms. The van der Waals surface area contributed by atoms with Gasteiger partial charge in [0.05, 0.1) is 22.0 Å². The Labute approximate surface area is 116 Å². The van der Waals surface area contributed by atoms with Gasteiger partial charge in [0, 0.05) is 24.8 Å². The molecule has 1 aromatic carbocycles. The van der Waals surface area contributed by atoms with E-state index in [1.165, 1.54) is 19.1 Å². The molecule has 1 aliphatic heterocycles. The third kappa shape index (κ3) is 2.96. The monoisotopic (exact) mass is 298 g/mol. The van der Waals surface area contributed by atoms with Crippen LogP contribution in [0.4, 0.5) is 11.4 Å². The molecule has 20 heavy (non-hydrogen) atoms. The molecule has 0 N–H and O–H groups in total. The summed E-state index contributed by atoms with van der Waals surface area (Å²) in [7, 11) is -2.99. The molecule has 0 aliphatic carbocycles. The van der Waals surface area contributed by atoms with E-state index in [0.717, 1.165) is 0 Å². The molecule has 1 fully saturated rings. The van der Waals surface area contributed by atoms with Gasteiger partial charge in [-0.3, -0.25) is 14.9 Å². The summed E-state index contributed by atoms with van der Waals surface area (Å²) >= 11 is 0. The number of nitro groups is 1. The summed E-state index contributed by atoms with van der Waals surface area (Å²) in [5.41, 5.74) is 0.447.